The van der Waals surface area contributed by atoms with Gasteiger partial charge in [0.1, 0.15) is 17.2 Å². The number of rotatable bonds is 8. The van der Waals surface area contributed by atoms with E-state index in [1.165, 1.54) is 5.56 Å². The highest BCUT2D eigenvalue weighted by Gasteiger charge is 2.24. The van der Waals surface area contributed by atoms with E-state index in [4.69, 9.17) is 14.2 Å². The fraction of sp³-hybridized carbons (Fsp3) is 0.435. The fourth-order valence-corrected chi connectivity index (χ4v) is 3.59. The van der Waals surface area contributed by atoms with Crippen LogP contribution in [-0.2, 0) is 6.42 Å². The van der Waals surface area contributed by atoms with Crippen molar-refractivity contribution in [3.05, 3.63) is 48.0 Å². The van der Waals surface area contributed by atoms with Crippen LogP contribution in [-0.4, -0.2) is 60.0 Å². The molecule has 0 aliphatic carbocycles. The molecule has 0 spiro atoms. The van der Waals surface area contributed by atoms with E-state index in [1.54, 1.807) is 21.3 Å². The third-order valence-electron chi connectivity index (χ3n) is 5.32. The van der Waals surface area contributed by atoms with E-state index in [2.05, 4.69) is 32.7 Å². The highest BCUT2D eigenvalue weighted by atomic mass is 16.5. The van der Waals surface area contributed by atoms with Gasteiger partial charge in [-0.3, -0.25) is 4.99 Å². The molecule has 1 unspecified atom stereocenters. The van der Waals surface area contributed by atoms with Gasteiger partial charge in [0.2, 0.25) is 0 Å². The summed E-state index contributed by atoms with van der Waals surface area (Å²) < 4.78 is 16.0. The van der Waals surface area contributed by atoms with Crippen molar-refractivity contribution >= 4 is 11.6 Å². The number of methoxy groups -OCH3 is 3. The number of nitrogens with zero attached hydrogens (tertiary/aromatic N) is 2. The average Bonchev–Trinajstić information content (AvgIpc) is 3.27. The maximum Gasteiger partial charge on any atom is 0.191 e. The topological polar surface area (TPSA) is 67.4 Å². The van der Waals surface area contributed by atoms with Crippen molar-refractivity contribution in [2.75, 3.05) is 52.9 Å². The van der Waals surface area contributed by atoms with Gasteiger partial charge in [0.15, 0.2) is 5.96 Å². The van der Waals surface area contributed by atoms with Crippen LogP contribution in [0.5, 0.6) is 17.2 Å². The van der Waals surface area contributed by atoms with E-state index in [1.807, 2.05) is 37.4 Å². The molecule has 1 aliphatic rings. The molecule has 0 amide bonds. The molecule has 7 nitrogen and oxygen atoms in total. The van der Waals surface area contributed by atoms with E-state index >= 15 is 0 Å². The largest absolute Gasteiger partial charge is 0.497 e. The Balaban J connectivity index is 1.49. The SMILES string of the molecule is CN=C(NCCc1ccc(OC)cc1)NC1CCN(c2cc(OC)cc(OC)c2)C1. The Labute approximate surface area is 179 Å². The van der Waals surface area contributed by atoms with Gasteiger partial charge in [0.05, 0.1) is 21.3 Å². The van der Waals surface area contributed by atoms with Gasteiger partial charge in [0, 0.05) is 56.6 Å². The third-order valence-corrected chi connectivity index (χ3v) is 5.32. The van der Waals surface area contributed by atoms with Crippen LogP contribution in [0.2, 0.25) is 0 Å². The van der Waals surface area contributed by atoms with E-state index in [-0.39, 0.29) is 0 Å². The smallest absolute Gasteiger partial charge is 0.191 e. The average molecular weight is 413 g/mol. The Hall–Kier alpha value is -3.09. The molecule has 0 aromatic heterocycles. The molecule has 2 aromatic carbocycles. The molecule has 0 bridgehead atoms. The number of anilines is 1. The summed E-state index contributed by atoms with van der Waals surface area (Å²) in [6.45, 7) is 2.68. The Morgan fingerprint density at radius 2 is 1.67 bits per heavy atom. The maximum absolute atomic E-state index is 5.40. The summed E-state index contributed by atoms with van der Waals surface area (Å²) in [6.07, 6.45) is 1.96. The number of nitrogens with one attached hydrogen (secondary N) is 2. The van der Waals surface area contributed by atoms with Crippen molar-refractivity contribution in [2.45, 2.75) is 18.9 Å². The van der Waals surface area contributed by atoms with Gasteiger partial charge in [-0.15, -0.1) is 0 Å². The van der Waals surface area contributed by atoms with Gasteiger partial charge >= 0.3 is 0 Å². The summed E-state index contributed by atoms with van der Waals surface area (Å²) >= 11 is 0. The fourth-order valence-electron chi connectivity index (χ4n) is 3.59. The maximum atomic E-state index is 5.40. The molecule has 162 valence electrons. The predicted octanol–water partition coefficient (Wildman–Crippen LogP) is 2.70. The van der Waals surface area contributed by atoms with Gasteiger partial charge in [-0.05, 0) is 30.5 Å². The lowest BCUT2D eigenvalue weighted by atomic mass is 10.1. The second-order valence-corrected chi connectivity index (χ2v) is 7.24. The molecule has 1 saturated heterocycles. The van der Waals surface area contributed by atoms with Crippen molar-refractivity contribution in [1.82, 2.24) is 10.6 Å². The number of guanidine groups is 1. The number of ether oxygens (including phenoxy) is 3. The van der Waals surface area contributed by atoms with Gasteiger partial charge in [-0.1, -0.05) is 12.1 Å². The first-order chi connectivity index (χ1) is 14.6. The zero-order chi connectivity index (χ0) is 21.3. The van der Waals surface area contributed by atoms with Crippen LogP contribution in [0.15, 0.2) is 47.5 Å². The van der Waals surface area contributed by atoms with Crippen LogP contribution in [0.1, 0.15) is 12.0 Å². The number of benzene rings is 2. The first kappa shape index (κ1) is 21.6. The minimum absolute atomic E-state index is 0.328. The first-order valence-electron chi connectivity index (χ1n) is 10.2. The van der Waals surface area contributed by atoms with Gasteiger partial charge < -0.3 is 29.7 Å². The van der Waals surface area contributed by atoms with Crippen LogP contribution in [0.4, 0.5) is 5.69 Å². The van der Waals surface area contributed by atoms with E-state index in [9.17, 15) is 0 Å². The van der Waals surface area contributed by atoms with Crippen molar-refractivity contribution in [3.63, 3.8) is 0 Å². The highest BCUT2D eigenvalue weighted by molar-refractivity contribution is 5.80. The lowest BCUT2D eigenvalue weighted by Crippen LogP contribution is -2.45. The number of hydrogen-bond acceptors (Lipinski definition) is 5. The van der Waals surface area contributed by atoms with Crippen LogP contribution >= 0.6 is 0 Å². The summed E-state index contributed by atoms with van der Waals surface area (Å²) in [5.74, 6) is 3.32. The van der Waals surface area contributed by atoms with Crippen LogP contribution < -0.4 is 29.7 Å². The van der Waals surface area contributed by atoms with Gasteiger partial charge in [-0.25, -0.2) is 0 Å². The first-order valence-corrected chi connectivity index (χ1v) is 10.2. The molecule has 7 heteroatoms. The van der Waals surface area contributed by atoms with Crippen LogP contribution in [0.3, 0.4) is 0 Å². The van der Waals surface area contributed by atoms with Gasteiger partial charge in [0.25, 0.3) is 0 Å². The Morgan fingerprint density at radius 3 is 2.27 bits per heavy atom. The monoisotopic (exact) mass is 412 g/mol. The van der Waals surface area contributed by atoms with E-state index in [0.717, 1.165) is 61.4 Å². The van der Waals surface area contributed by atoms with Crippen LogP contribution in [0.25, 0.3) is 0 Å². The normalized spacial score (nSPS) is 16.3. The van der Waals surface area contributed by atoms with Crippen molar-refractivity contribution in [3.8, 4) is 17.2 Å². The molecular formula is C23H32N4O3. The van der Waals surface area contributed by atoms with Crippen molar-refractivity contribution < 1.29 is 14.2 Å². The van der Waals surface area contributed by atoms with Gasteiger partial charge in [-0.2, -0.15) is 0 Å². The van der Waals surface area contributed by atoms with Crippen molar-refractivity contribution in [1.29, 1.82) is 0 Å². The Kier molecular flexibility index (Phi) is 7.65. The number of hydrogen-bond donors (Lipinski definition) is 2. The van der Waals surface area contributed by atoms with Crippen LogP contribution in [0, 0.1) is 0 Å². The molecule has 2 N–H and O–H groups in total. The molecule has 0 saturated carbocycles. The lowest BCUT2D eigenvalue weighted by molar-refractivity contribution is 0.394. The molecule has 1 aliphatic heterocycles. The summed E-state index contributed by atoms with van der Waals surface area (Å²) in [5.41, 5.74) is 2.37. The molecule has 1 heterocycles. The predicted molar refractivity (Wildman–Crippen MR) is 121 cm³/mol. The Bertz CT molecular complexity index is 817. The molecule has 2 aromatic rings. The standard InChI is InChI=1S/C23H32N4O3/c1-24-23(25-11-9-17-5-7-20(28-2)8-6-17)26-18-10-12-27(16-18)19-13-21(29-3)15-22(14-19)30-4/h5-8,13-15,18H,9-12,16H2,1-4H3,(H2,24,25,26). The quantitative estimate of drug-likeness (QED) is 0.513. The molecular weight excluding hydrogens is 380 g/mol. The van der Waals surface area contributed by atoms with E-state index in [0.29, 0.717) is 6.04 Å². The molecule has 0 radical (unpaired) electrons. The minimum Gasteiger partial charge on any atom is -0.497 e. The minimum atomic E-state index is 0.328. The van der Waals surface area contributed by atoms with E-state index < -0.39 is 0 Å². The lowest BCUT2D eigenvalue weighted by Gasteiger charge is -2.21. The zero-order valence-electron chi connectivity index (χ0n) is 18.3. The highest BCUT2D eigenvalue weighted by Crippen LogP contribution is 2.30. The molecule has 1 fully saturated rings. The molecule has 30 heavy (non-hydrogen) atoms. The number of aliphatic imine (C=N–C) groups is 1. The summed E-state index contributed by atoms with van der Waals surface area (Å²) in [7, 11) is 6.84. The summed E-state index contributed by atoms with van der Waals surface area (Å²) in [4.78, 5) is 6.72. The second-order valence-electron chi connectivity index (χ2n) is 7.24. The zero-order valence-corrected chi connectivity index (χ0v) is 18.3. The molecule has 1 atom stereocenters. The second kappa shape index (κ2) is 10.6. The summed E-state index contributed by atoms with van der Waals surface area (Å²) in [6, 6.07) is 14.5. The molecule has 3 rings (SSSR count). The Morgan fingerprint density at radius 1 is 1.00 bits per heavy atom. The summed E-state index contributed by atoms with van der Waals surface area (Å²) in [5, 5.41) is 6.96. The van der Waals surface area contributed by atoms with Crippen molar-refractivity contribution in [2.24, 2.45) is 4.99 Å². The third kappa shape index (κ3) is 5.72.